The molecule has 4 heteroatoms. The van der Waals surface area contributed by atoms with E-state index < -0.39 is 5.54 Å². The topological polar surface area (TPSA) is 35.6 Å². The van der Waals surface area contributed by atoms with E-state index >= 15 is 0 Å². The van der Waals surface area contributed by atoms with Gasteiger partial charge in [0.25, 0.3) is 0 Å². The Bertz CT molecular complexity index is 257. The molecule has 1 saturated heterocycles. The highest BCUT2D eigenvalue weighted by Crippen LogP contribution is 2.17. The van der Waals surface area contributed by atoms with Crippen LogP contribution in [0.25, 0.3) is 0 Å². The minimum atomic E-state index is -0.417. The third-order valence-corrected chi connectivity index (χ3v) is 3.18. The molecular weight excluding hydrogens is 202 g/mol. The highest BCUT2D eigenvalue weighted by Gasteiger charge is 2.36. The Labute approximate surface area is 98.3 Å². The van der Waals surface area contributed by atoms with E-state index in [4.69, 9.17) is 0 Å². The molecule has 1 aliphatic heterocycles. The molecule has 1 amide bonds. The Balaban J connectivity index is 2.66. The summed E-state index contributed by atoms with van der Waals surface area (Å²) in [5, 5.41) is 3.30. The van der Waals surface area contributed by atoms with E-state index in [0.29, 0.717) is 6.54 Å². The number of piperazine rings is 1. The van der Waals surface area contributed by atoms with Crippen molar-refractivity contribution in [2.45, 2.75) is 19.4 Å². The summed E-state index contributed by atoms with van der Waals surface area (Å²) in [7, 11) is 1.83. The van der Waals surface area contributed by atoms with Gasteiger partial charge < -0.3 is 10.2 Å². The number of nitrogens with zero attached hydrogens (tertiary/aromatic N) is 2. The Morgan fingerprint density at radius 1 is 1.50 bits per heavy atom. The first-order valence-electron chi connectivity index (χ1n) is 5.82. The first-order valence-corrected chi connectivity index (χ1v) is 5.82. The highest BCUT2D eigenvalue weighted by atomic mass is 16.2. The lowest BCUT2D eigenvalue weighted by Crippen LogP contribution is -2.60. The lowest BCUT2D eigenvalue weighted by molar-refractivity contribution is -0.141. The normalized spacial score (nSPS) is 18.2. The van der Waals surface area contributed by atoms with E-state index in [1.807, 2.05) is 20.9 Å². The zero-order valence-corrected chi connectivity index (χ0v) is 10.6. The van der Waals surface area contributed by atoms with E-state index in [-0.39, 0.29) is 5.91 Å². The van der Waals surface area contributed by atoms with E-state index in [0.717, 1.165) is 26.2 Å². The van der Waals surface area contributed by atoms with Crippen LogP contribution in [-0.2, 0) is 4.79 Å². The second-order valence-corrected chi connectivity index (χ2v) is 4.77. The molecule has 1 fully saturated rings. The SMILES string of the molecule is C=CCN(C)C(=O)C(C)(C)N1CCNCC1. The van der Waals surface area contributed by atoms with Crippen molar-refractivity contribution >= 4 is 5.91 Å². The van der Waals surface area contributed by atoms with Gasteiger partial charge in [-0.1, -0.05) is 6.08 Å². The molecule has 1 heterocycles. The monoisotopic (exact) mass is 225 g/mol. The molecule has 0 aromatic heterocycles. The molecule has 1 aliphatic rings. The van der Waals surface area contributed by atoms with Gasteiger partial charge in [0.2, 0.25) is 5.91 Å². The van der Waals surface area contributed by atoms with Gasteiger partial charge in [0.15, 0.2) is 0 Å². The zero-order chi connectivity index (χ0) is 12.2. The second-order valence-electron chi connectivity index (χ2n) is 4.77. The molecule has 0 aliphatic carbocycles. The van der Waals surface area contributed by atoms with Gasteiger partial charge in [-0.05, 0) is 13.8 Å². The third-order valence-electron chi connectivity index (χ3n) is 3.18. The van der Waals surface area contributed by atoms with Gasteiger partial charge in [0.1, 0.15) is 0 Å². The zero-order valence-electron chi connectivity index (χ0n) is 10.6. The maximum atomic E-state index is 12.3. The minimum absolute atomic E-state index is 0.161. The fourth-order valence-corrected chi connectivity index (χ4v) is 2.10. The molecule has 16 heavy (non-hydrogen) atoms. The fourth-order valence-electron chi connectivity index (χ4n) is 2.10. The van der Waals surface area contributed by atoms with Crippen molar-refractivity contribution in [3.8, 4) is 0 Å². The maximum Gasteiger partial charge on any atom is 0.242 e. The maximum absolute atomic E-state index is 12.3. The Morgan fingerprint density at radius 3 is 2.56 bits per heavy atom. The average molecular weight is 225 g/mol. The van der Waals surface area contributed by atoms with Crippen LogP contribution in [0.1, 0.15) is 13.8 Å². The van der Waals surface area contributed by atoms with Crippen LogP contribution in [-0.4, -0.2) is 61.0 Å². The molecule has 0 bridgehead atoms. The lowest BCUT2D eigenvalue weighted by Gasteiger charge is -2.41. The molecule has 4 nitrogen and oxygen atoms in total. The van der Waals surface area contributed by atoms with Crippen LogP contribution in [0.2, 0.25) is 0 Å². The molecular formula is C12H23N3O. The van der Waals surface area contributed by atoms with Crippen LogP contribution in [0.4, 0.5) is 0 Å². The number of amides is 1. The molecule has 1 rings (SSSR count). The standard InChI is InChI=1S/C12H23N3O/c1-5-8-14(4)11(16)12(2,3)15-9-6-13-7-10-15/h5,13H,1,6-10H2,2-4H3. The van der Waals surface area contributed by atoms with E-state index in [2.05, 4.69) is 16.8 Å². The summed E-state index contributed by atoms with van der Waals surface area (Å²) < 4.78 is 0. The summed E-state index contributed by atoms with van der Waals surface area (Å²) in [6, 6.07) is 0. The fraction of sp³-hybridized carbons (Fsp3) is 0.750. The Hall–Kier alpha value is -0.870. The van der Waals surface area contributed by atoms with Crippen LogP contribution in [0.5, 0.6) is 0 Å². The molecule has 0 spiro atoms. The van der Waals surface area contributed by atoms with Gasteiger partial charge in [-0.15, -0.1) is 6.58 Å². The van der Waals surface area contributed by atoms with Crippen molar-refractivity contribution in [3.63, 3.8) is 0 Å². The summed E-state index contributed by atoms with van der Waals surface area (Å²) in [4.78, 5) is 16.2. The smallest absolute Gasteiger partial charge is 0.242 e. The number of nitrogens with one attached hydrogen (secondary N) is 1. The summed E-state index contributed by atoms with van der Waals surface area (Å²) in [6.45, 7) is 12.0. The number of likely N-dealkylation sites (N-methyl/N-ethyl adjacent to an activating group) is 1. The number of carbonyl (C=O) groups is 1. The average Bonchev–Trinajstić information content (AvgIpc) is 2.29. The van der Waals surface area contributed by atoms with Crippen molar-refractivity contribution in [2.24, 2.45) is 0 Å². The molecule has 0 aromatic carbocycles. The Kier molecular flexibility index (Phi) is 4.50. The predicted molar refractivity (Wildman–Crippen MR) is 66.4 cm³/mol. The molecule has 0 saturated carbocycles. The number of carbonyl (C=O) groups excluding carboxylic acids is 1. The van der Waals surface area contributed by atoms with Crippen LogP contribution in [0.3, 0.4) is 0 Å². The molecule has 0 unspecified atom stereocenters. The van der Waals surface area contributed by atoms with Crippen molar-refractivity contribution in [3.05, 3.63) is 12.7 Å². The van der Waals surface area contributed by atoms with E-state index in [1.54, 1.807) is 11.0 Å². The second kappa shape index (κ2) is 5.46. The summed E-state index contributed by atoms with van der Waals surface area (Å²) in [5.41, 5.74) is -0.417. The van der Waals surface area contributed by atoms with Crippen molar-refractivity contribution in [1.82, 2.24) is 15.1 Å². The van der Waals surface area contributed by atoms with Crippen LogP contribution in [0.15, 0.2) is 12.7 Å². The summed E-state index contributed by atoms with van der Waals surface area (Å²) in [6.07, 6.45) is 1.76. The third kappa shape index (κ3) is 2.83. The number of hydrogen-bond donors (Lipinski definition) is 1. The molecule has 0 radical (unpaired) electrons. The Morgan fingerprint density at radius 2 is 2.06 bits per heavy atom. The van der Waals surface area contributed by atoms with Gasteiger partial charge in [-0.2, -0.15) is 0 Å². The lowest BCUT2D eigenvalue weighted by atomic mass is 9.99. The quantitative estimate of drug-likeness (QED) is 0.700. The predicted octanol–water partition coefficient (Wildman–Crippen LogP) is 0.315. The van der Waals surface area contributed by atoms with Crippen LogP contribution in [0, 0.1) is 0 Å². The first-order chi connectivity index (χ1) is 7.50. The van der Waals surface area contributed by atoms with Crippen molar-refractivity contribution < 1.29 is 4.79 Å². The van der Waals surface area contributed by atoms with E-state index in [9.17, 15) is 4.79 Å². The van der Waals surface area contributed by atoms with Crippen LogP contribution >= 0.6 is 0 Å². The van der Waals surface area contributed by atoms with Gasteiger partial charge >= 0.3 is 0 Å². The van der Waals surface area contributed by atoms with Gasteiger partial charge in [-0.3, -0.25) is 9.69 Å². The highest BCUT2D eigenvalue weighted by molar-refractivity contribution is 5.85. The minimum Gasteiger partial charge on any atom is -0.340 e. The van der Waals surface area contributed by atoms with Gasteiger partial charge in [0, 0.05) is 39.8 Å². The number of rotatable bonds is 4. The molecule has 0 aromatic rings. The molecule has 1 N–H and O–H groups in total. The van der Waals surface area contributed by atoms with Crippen molar-refractivity contribution in [1.29, 1.82) is 0 Å². The molecule has 92 valence electrons. The van der Waals surface area contributed by atoms with Gasteiger partial charge in [-0.25, -0.2) is 0 Å². The van der Waals surface area contributed by atoms with Gasteiger partial charge in [0.05, 0.1) is 5.54 Å². The number of hydrogen-bond acceptors (Lipinski definition) is 3. The molecule has 0 atom stereocenters. The summed E-state index contributed by atoms with van der Waals surface area (Å²) >= 11 is 0. The van der Waals surface area contributed by atoms with E-state index in [1.165, 1.54) is 0 Å². The largest absolute Gasteiger partial charge is 0.340 e. The van der Waals surface area contributed by atoms with Crippen LogP contribution < -0.4 is 5.32 Å². The first kappa shape index (κ1) is 13.2. The summed E-state index contributed by atoms with van der Waals surface area (Å²) in [5.74, 6) is 0.161. The van der Waals surface area contributed by atoms with Crippen molar-refractivity contribution in [2.75, 3.05) is 39.8 Å².